The van der Waals surface area contributed by atoms with Gasteiger partial charge in [-0.05, 0) is 44.2 Å². The van der Waals surface area contributed by atoms with Gasteiger partial charge in [-0.3, -0.25) is 9.36 Å². The molecule has 3 rings (SSSR count). The van der Waals surface area contributed by atoms with Gasteiger partial charge in [0.25, 0.3) is 0 Å². The zero-order chi connectivity index (χ0) is 13.4. The summed E-state index contributed by atoms with van der Waals surface area (Å²) < 4.78 is 1.92. The normalized spacial score (nSPS) is 16.3. The topological polar surface area (TPSA) is 48.0 Å². The predicted molar refractivity (Wildman–Crippen MR) is 77.5 cm³/mol. The third-order valence-electron chi connectivity index (χ3n) is 3.92. The van der Waals surface area contributed by atoms with Gasteiger partial charge in [0.15, 0.2) is 0 Å². The molecule has 1 heterocycles. The summed E-state index contributed by atoms with van der Waals surface area (Å²) in [7, 11) is 0. The summed E-state index contributed by atoms with van der Waals surface area (Å²) in [6.07, 6.45) is 4.91. The molecule has 3 nitrogen and oxygen atoms in total. The molecule has 0 saturated heterocycles. The number of aryl methyl sites for hydroxylation is 1. The molecule has 1 atom stereocenters. The Balaban J connectivity index is 2.19. The van der Waals surface area contributed by atoms with Gasteiger partial charge in [-0.1, -0.05) is 18.2 Å². The van der Waals surface area contributed by atoms with Crippen molar-refractivity contribution in [1.29, 1.82) is 0 Å². The number of carbonyl (C=O) groups excluding carboxylic acids is 1. The number of hydrogen-bond acceptors (Lipinski definition) is 2. The van der Waals surface area contributed by atoms with Crippen molar-refractivity contribution in [2.75, 3.05) is 0 Å². The predicted octanol–water partition coefficient (Wildman–Crippen LogP) is 2.90. The van der Waals surface area contributed by atoms with E-state index in [-0.39, 0.29) is 11.9 Å². The van der Waals surface area contributed by atoms with Crippen LogP contribution in [0.25, 0.3) is 10.9 Å². The lowest BCUT2D eigenvalue weighted by atomic mass is 9.95. The molecule has 1 aliphatic carbocycles. The fourth-order valence-corrected chi connectivity index (χ4v) is 3.15. The van der Waals surface area contributed by atoms with Crippen LogP contribution in [-0.4, -0.2) is 16.5 Å². The molecular formula is C16H20N2O. The molecule has 19 heavy (non-hydrogen) atoms. The minimum absolute atomic E-state index is 0.0899. The van der Waals surface area contributed by atoms with Crippen molar-refractivity contribution in [2.24, 2.45) is 5.73 Å². The second-order valence-electron chi connectivity index (χ2n) is 5.56. The van der Waals surface area contributed by atoms with Crippen LogP contribution in [0.4, 0.5) is 0 Å². The van der Waals surface area contributed by atoms with Crippen LogP contribution >= 0.6 is 0 Å². The summed E-state index contributed by atoms with van der Waals surface area (Å²) in [6.45, 7) is 1.88. The highest BCUT2D eigenvalue weighted by Crippen LogP contribution is 2.32. The maximum atomic E-state index is 12.5. The second kappa shape index (κ2) is 4.82. The van der Waals surface area contributed by atoms with E-state index in [9.17, 15) is 4.79 Å². The van der Waals surface area contributed by atoms with E-state index >= 15 is 0 Å². The second-order valence-corrected chi connectivity index (χ2v) is 5.56. The minimum atomic E-state index is -0.0899. The van der Waals surface area contributed by atoms with Crippen molar-refractivity contribution in [1.82, 2.24) is 4.57 Å². The van der Waals surface area contributed by atoms with Gasteiger partial charge >= 0.3 is 0 Å². The molecule has 1 aromatic carbocycles. The average Bonchev–Trinajstić information content (AvgIpc) is 2.72. The number of nitrogens with two attached hydrogens (primary N) is 1. The molecule has 1 aromatic heterocycles. The first-order valence-corrected chi connectivity index (χ1v) is 7.08. The summed E-state index contributed by atoms with van der Waals surface area (Å²) in [6, 6.07) is 8.15. The first-order valence-electron chi connectivity index (χ1n) is 7.08. The third kappa shape index (κ3) is 2.08. The standard InChI is InChI=1S/C16H20N2O/c1-11(17)10-16(19)18-14-8-4-2-6-12(14)13-7-3-5-9-15(13)18/h2,4,6,8,11H,3,5,7,9-10,17H2,1H3. The molecular weight excluding hydrogens is 236 g/mol. The van der Waals surface area contributed by atoms with Crippen molar-refractivity contribution in [2.45, 2.75) is 45.1 Å². The van der Waals surface area contributed by atoms with Crippen molar-refractivity contribution >= 4 is 16.8 Å². The number of aromatic nitrogens is 1. The van der Waals surface area contributed by atoms with Gasteiger partial charge in [0, 0.05) is 23.5 Å². The van der Waals surface area contributed by atoms with E-state index in [4.69, 9.17) is 5.73 Å². The Morgan fingerprint density at radius 3 is 2.84 bits per heavy atom. The molecule has 2 aromatic rings. The molecule has 2 N–H and O–H groups in total. The van der Waals surface area contributed by atoms with E-state index in [1.807, 2.05) is 23.6 Å². The van der Waals surface area contributed by atoms with Gasteiger partial charge in [-0.2, -0.15) is 0 Å². The number of para-hydroxylation sites is 1. The van der Waals surface area contributed by atoms with Crippen molar-refractivity contribution in [3.05, 3.63) is 35.5 Å². The SMILES string of the molecule is CC(N)CC(=O)n1c2c(c3ccccc31)CCCC2. The quantitative estimate of drug-likeness (QED) is 0.898. The highest BCUT2D eigenvalue weighted by molar-refractivity contribution is 5.96. The fourth-order valence-electron chi connectivity index (χ4n) is 3.15. The molecule has 0 aliphatic heterocycles. The Hall–Kier alpha value is -1.61. The van der Waals surface area contributed by atoms with Crippen LogP contribution in [0.5, 0.6) is 0 Å². The van der Waals surface area contributed by atoms with Crippen molar-refractivity contribution in [3.8, 4) is 0 Å². The van der Waals surface area contributed by atoms with E-state index in [0.717, 1.165) is 18.4 Å². The molecule has 1 aliphatic rings. The smallest absolute Gasteiger partial charge is 0.232 e. The highest BCUT2D eigenvalue weighted by Gasteiger charge is 2.23. The van der Waals surface area contributed by atoms with E-state index < -0.39 is 0 Å². The summed E-state index contributed by atoms with van der Waals surface area (Å²) in [5.41, 5.74) is 9.44. The van der Waals surface area contributed by atoms with Crippen LogP contribution in [0, 0.1) is 0 Å². The van der Waals surface area contributed by atoms with Crippen LogP contribution in [0.15, 0.2) is 24.3 Å². The number of rotatable bonds is 2. The Bertz CT molecular complexity index is 625. The summed E-state index contributed by atoms with van der Waals surface area (Å²) in [5, 5.41) is 1.25. The lowest BCUT2D eigenvalue weighted by Crippen LogP contribution is -2.25. The summed E-state index contributed by atoms with van der Waals surface area (Å²) >= 11 is 0. The van der Waals surface area contributed by atoms with Gasteiger partial charge in [-0.15, -0.1) is 0 Å². The fraction of sp³-hybridized carbons (Fsp3) is 0.438. The summed E-state index contributed by atoms with van der Waals surface area (Å²) in [4.78, 5) is 12.5. The van der Waals surface area contributed by atoms with E-state index in [1.54, 1.807) is 0 Å². The van der Waals surface area contributed by atoms with Crippen LogP contribution < -0.4 is 5.73 Å². The van der Waals surface area contributed by atoms with Gasteiger partial charge in [0.05, 0.1) is 5.52 Å². The Morgan fingerprint density at radius 1 is 1.32 bits per heavy atom. The molecule has 0 bridgehead atoms. The monoisotopic (exact) mass is 256 g/mol. The largest absolute Gasteiger partial charge is 0.327 e. The van der Waals surface area contributed by atoms with E-state index in [1.165, 1.54) is 29.5 Å². The van der Waals surface area contributed by atoms with Crippen LogP contribution in [-0.2, 0) is 12.8 Å². The average molecular weight is 256 g/mol. The zero-order valence-electron chi connectivity index (χ0n) is 11.4. The lowest BCUT2D eigenvalue weighted by Gasteiger charge is -2.15. The van der Waals surface area contributed by atoms with Gasteiger partial charge in [0.2, 0.25) is 5.91 Å². The highest BCUT2D eigenvalue weighted by atomic mass is 16.2. The number of benzene rings is 1. The first kappa shape index (κ1) is 12.4. The van der Waals surface area contributed by atoms with Crippen molar-refractivity contribution < 1.29 is 4.79 Å². The maximum absolute atomic E-state index is 12.5. The molecule has 3 heteroatoms. The van der Waals surface area contributed by atoms with Gasteiger partial charge in [0.1, 0.15) is 0 Å². The number of fused-ring (bicyclic) bond motifs is 3. The summed E-state index contributed by atoms with van der Waals surface area (Å²) in [5.74, 6) is 0.134. The molecule has 1 unspecified atom stereocenters. The van der Waals surface area contributed by atoms with E-state index in [0.29, 0.717) is 6.42 Å². The van der Waals surface area contributed by atoms with Gasteiger partial charge < -0.3 is 5.73 Å². The Morgan fingerprint density at radius 2 is 2.05 bits per heavy atom. The molecule has 0 saturated carbocycles. The number of hydrogen-bond donors (Lipinski definition) is 1. The molecule has 0 fully saturated rings. The van der Waals surface area contributed by atoms with Crippen LogP contribution in [0.1, 0.15) is 42.2 Å². The van der Waals surface area contributed by atoms with Gasteiger partial charge in [-0.25, -0.2) is 0 Å². The first-order chi connectivity index (χ1) is 9.18. The number of carbonyl (C=O) groups is 1. The van der Waals surface area contributed by atoms with Crippen LogP contribution in [0.3, 0.4) is 0 Å². The third-order valence-corrected chi connectivity index (χ3v) is 3.92. The van der Waals surface area contributed by atoms with E-state index in [2.05, 4.69) is 12.1 Å². The molecule has 0 spiro atoms. The van der Waals surface area contributed by atoms with Crippen molar-refractivity contribution in [3.63, 3.8) is 0 Å². The Kier molecular flexibility index (Phi) is 3.15. The molecule has 0 radical (unpaired) electrons. The lowest BCUT2D eigenvalue weighted by molar-refractivity contribution is 0.0898. The maximum Gasteiger partial charge on any atom is 0.232 e. The number of nitrogens with zero attached hydrogens (tertiary/aromatic N) is 1. The molecule has 100 valence electrons. The molecule has 0 amide bonds. The minimum Gasteiger partial charge on any atom is -0.327 e. The van der Waals surface area contributed by atoms with Crippen LogP contribution in [0.2, 0.25) is 0 Å². The zero-order valence-corrected chi connectivity index (χ0v) is 11.4. The Labute approximate surface area is 113 Å².